The maximum Gasteiger partial charge on any atom is 0.416 e. The molecule has 9 atom stereocenters. The molecule has 3 heterocycles. The van der Waals surface area contributed by atoms with Crippen molar-refractivity contribution < 1.29 is 46.8 Å². The van der Waals surface area contributed by atoms with Crippen LogP contribution in [0.4, 0.5) is 23.2 Å². The lowest BCUT2D eigenvalue weighted by Crippen LogP contribution is -2.61. The number of carboxylic acids is 1. The van der Waals surface area contributed by atoms with E-state index in [0.717, 1.165) is 31.4 Å². The second kappa shape index (κ2) is 14.0. The summed E-state index contributed by atoms with van der Waals surface area (Å²) in [5.74, 6) is -1.99. The van der Waals surface area contributed by atoms with Crippen LogP contribution in [0.1, 0.15) is 73.5 Å². The molecule has 4 aliphatic carbocycles. The second-order valence-electron chi connectivity index (χ2n) is 17.2. The predicted octanol–water partition coefficient (Wildman–Crippen LogP) is 5.95. The minimum absolute atomic E-state index is 0.0660. The Hall–Kier alpha value is -3.42. The number of benzene rings is 2. The van der Waals surface area contributed by atoms with E-state index in [1.54, 1.807) is 31.3 Å². The number of alkyl halides is 4. The number of methoxy groups -OCH3 is 2. The number of carboxylic acid groups (broad SMARTS) is 1. The third-order valence-electron chi connectivity index (χ3n) is 13.9. The van der Waals surface area contributed by atoms with Crippen LogP contribution in [0.25, 0.3) is 0 Å². The molecule has 2 N–H and O–H groups in total. The standard InChI is InChI=1S/C41H51F4N3O6/c1-53-22-29-19-47(20-33(29)32-8-5-30(41(43,44)45)15-35(32)46-11-9-26(10-12-46)37(49)50)38(51)40(42)23-48(21-34(40)25-3-6-31(54-2)7-4-25)36-27-13-24-14-28(36)18-39(52,16-24)17-27/h3-8,15,24,26-29,33-34,36,52H,9-14,16-23H2,1-2H3,(H,49,50)/t24-,27-,28+,29-,33+,34+,36+,39-,40+/m1/s1. The highest BCUT2D eigenvalue weighted by molar-refractivity contribution is 5.88. The second-order valence-corrected chi connectivity index (χ2v) is 17.2. The van der Waals surface area contributed by atoms with Gasteiger partial charge in [-0.1, -0.05) is 18.2 Å². The Morgan fingerprint density at radius 3 is 2.22 bits per heavy atom. The highest BCUT2D eigenvalue weighted by atomic mass is 19.4. The number of piperidine rings is 1. The van der Waals surface area contributed by atoms with E-state index in [-0.39, 0.29) is 63.1 Å². The van der Waals surface area contributed by atoms with Gasteiger partial charge in [0.1, 0.15) is 5.75 Å². The van der Waals surface area contributed by atoms with E-state index in [2.05, 4.69) is 4.90 Å². The van der Waals surface area contributed by atoms with Gasteiger partial charge >= 0.3 is 12.1 Å². The van der Waals surface area contributed by atoms with Gasteiger partial charge in [-0.2, -0.15) is 13.2 Å². The van der Waals surface area contributed by atoms with Gasteiger partial charge < -0.3 is 29.5 Å². The average molecular weight is 758 g/mol. The highest BCUT2D eigenvalue weighted by Gasteiger charge is 2.62. The first-order chi connectivity index (χ1) is 25.7. The Balaban J connectivity index is 1.10. The molecule has 0 radical (unpaired) electrons. The Kier molecular flexibility index (Phi) is 9.69. The third-order valence-corrected chi connectivity index (χ3v) is 13.9. The van der Waals surface area contributed by atoms with Crippen LogP contribution in [-0.4, -0.2) is 109 Å². The van der Waals surface area contributed by atoms with E-state index in [1.807, 2.05) is 17.0 Å². The number of anilines is 1. The highest BCUT2D eigenvalue weighted by Crippen LogP contribution is 2.58. The Labute approximate surface area is 313 Å². The fraction of sp³-hybridized carbons (Fsp3) is 0.659. The Morgan fingerprint density at radius 2 is 1.63 bits per heavy atom. The number of hydrogen-bond donors (Lipinski definition) is 2. The maximum absolute atomic E-state index is 18.2. The summed E-state index contributed by atoms with van der Waals surface area (Å²) in [5, 5.41) is 20.9. The Morgan fingerprint density at radius 1 is 0.944 bits per heavy atom. The molecule has 4 saturated carbocycles. The Bertz CT molecular complexity index is 1720. The van der Waals surface area contributed by atoms with Gasteiger partial charge in [-0.3, -0.25) is 14.5 Å². The molecule has 0 aromatic heterocycles. The maximum atomic E-state index is 18.2. The van der Waals surface area contributed by atoms with Crippen molar-refractivity contribution >= 4 is 17.6 Å². The molecule has 3 aliphatic heterocycles. The molecule has 54 heavy (non-hydrogen) atoms. The summed E-state index contributed by atoms with van der Waals surface area (Å²) in [6.07, 6.45) is 0.293. The molecule has 4 bridgehead atoms. The number of aliphatic carboxylic acids is 1. The lowest BCUT2D eigenvalue weighted by molar-refractivity contribution is -0.160. The normalized spacial score (nSPS) is 35.6. The van der Waals surface area contributed by atoms with Crippen LogP contribution in [0.3, 0.4) is 0 Å². The largest absolute Gasteiger partial charge is 0.497 e. The first-order valence-corrected chi connectivity index (χ1v) is 19.5. The zero-order chi connectivity index (χ0) is 38.2. The van der Waals surface area contributed by atoms with E-state index >= 15 is 4.39 Å². The van der Waals surface area contributed by atoms with E-state index in [0.29, 0.717) is 60.7 Å². The molecule has 7 aliphatic rings. The van der Waals surface area contributed by atoms with Crippen LogP contribution in [0.5, 0.6) is 5.75 Å². The van der Waals surface area contributed by atoms with Crippen molar-refractivity contribution in [3.63, 3.8) is 0 Å². The smallest absolute Gasteiger partial charge is 0.416 e. The molecule has 7 fully saturated rings. The molecular formula is C41H51F4N3O6. The summed E-state index contributed by atoms with van der Waals surface area (Å²) >= 11 is 0. The molecular weight excluding hydrogens is 706 g/mol. The van der Waals surface area contributed by atoms with Crippen LogP contribution in [0, 0.1) is 29.6 Å². The van der Waals surface area contributed by atoms with Gasteiger partial charge in [0.2, 0.25) is 5.67 Å². The van der Waals surface area contributed by atoms with E-state index in [9.17, 15) is 33.0 Å². The van der Waals surface area contributed by atoms with Gasteiger partial charge in [0.05, 0.1) is 30.8 Å². The molecule has 13 heteroatoms. The summed E-state index contributed by atoms with van der Waals surface area (Å²) in [6, 6.07) is 11.0. The summed E-state index contributed by atoms with van der Waals surface area (Å²) < 4.78 is 71.4. The molecule has 294 valence electrons. The molecule has 2 aromatic rings. The zero-order valence-corrected chi connectivity index (χ0v) is 30.9. The summed E-state index contributed by atoms with van der Waals surface area (Å²) in [6.45, 7) is 1.38. The van der Waals surface area contributed by atoms with Gasteiger partial charge in [0.15, 0.2) is 0 Å². The van der Waals surface area contributed by atoms with Gasteiger partial charge in [-0.15, -0.1) is 0 Å². The number of hydrogen-bond acceptors (Lipinski definition) is 7. The van der Waals surface area contributed by atoms with Crippen LogP contribution in [0.2, 0.25) is 0 Å². The summed E-state index contributed by atoms with van der Waals surface area (Å²) in [4.78, 5) is 32.1. The van der Waals surface area contributed by atoms with E-state index in [4.69, 9.17) is 9.47 Å². The van der Waals surface area contributed by atoms with E-state index in [1.165, 1.54) is 6.07 Å². The lowest BCUT2D eigenvalue weighted by Gasteiger charge is -2.60. The van der Waals surface area contributed by atoms with Gasteiger partial charge in [0, 0.05) is 75.9 Å². The van der Waals surface area contributed by atoms with Gasteiger partial charge in [0.25, 0.3) is 5.91 Å². The molecule has 0 unspecified atom stereocenters. The fourth-order valence-electron chi connectivity index (χ4n) is 11.8. The van der Waals surface area contributed by atoms with Crippen molar-refractivity contribution in [2.75, 3.05) is 65.0 Å². The fourth-order valence-corrected chi connectivity index (χ4v) is 11.8. The number of ether oxygens (including phenoxy) is 2. The van der Waals surface area contributed by atoms with Crippen LogP contribution >= 0.6 is 0 Å². The van der Waals surface area contributed by atoms with Crippen molar-refractivity contribution in [3.8, 4) is 5.75 Å². The van der Waals surface area contributed by atoms with E-state index < -0.39 is 52.6 Å². The summed E-state index contributed by atoms with van der Waals surface area (Å²) in [7, 11) is 3.11. The minimum Gasteiger partial charge on any atom is -0.497 e. The molecule has 9 rings (SSSR count). The van der Waals surface area contributed by atoms with Crippen LogP contribution in [0.15, 0.2) is 42.5 Å². The molecule has 3 saturated heterocycles. The van der Waals surface area contributed by atoms with Crippen molar-refractivity contribution in [2.24, 2.45) is 29.6 Å². The molecule has 9 nitrogen and oxygen atoms in total. The number of aliphatic hydroxyl groups is 1. The zero-order valence-electron chi connectivity index (χ0n) is 30.9. The number of likely N-dealkylation sites (tertiary alicyclic amines) is 2. The van der Waals surface area contributed by atoms with Crippen molar-refractivity contribution in [3.05, 3.63) is 59.2 Å². The SMILES string of the molecule is COC[C@H]1CN(C(=O)[C@]2(F)CN([C@H]3[C@@H]4C[C@@H]5C[C@H]3C[C@@](O)(C5)C4)C[C@H]2c2ccc(OC)cc2)C[C@@H]1c1ccc(C(F)(F)F)cc1N1CCC(C(=O)O)CC1. The molecule has 0 spiro atoms. The predicted molar refractivity (Wildman–Crippen MR) is 192 cm³/mol. The van der Waals surface area contributed by atoms with Gasteiger partial charge in [-0.25, -0.2) is 4.39 Å². The summed E-state index contributed by atoms with van der Waals surface area (Å²) in [5.41, 5.74) is -2.02. The van der Waals surface area contributed by atoms with Gasteiger partial charge in [-0.05, 0) is 98.1 Å². The average Bonchev–Trinajstić information content (AvgIpc) is 3.71. The number of carbonyl (C=O) groups is 2. The number of carbonyl (C=O) groups excluding carboxylic acids is 1. The number of nitrogens with zero attached hydrogens (tertiary/aromatic N) is 3. The minimum atomic E-state index is -4.59. The first kappa shape index (κ1) is 37.5. The van der Waals surface area contributed by atoms with Crippen molar-refractivity contribution in [1.29, 1.82) is 0 Å². The number of halogens is 4. The van der Waals surface area contributed by atoms with Crippen molar-refractivity contribution in [1.82, 2.24) is 9.80 Å². The monoisotopic (exact) mass is 757 g/mol. The lowest BCUT2D eigenvalue weighted by atomic mass is 9.52. The molecule has 2 aromatic carbocycles. The first-order valence-electron chi connectivity index (χ1n) is 19.5. The number of rotatable bonds is 9. The quantitative estimate of drug-likeness (QED) is 0.303. The van der Waals surface area contributed by atoms with Crippen LogP contribution in [-0.2, 0) is 20.5 Å². The topological polar surface area (TPSA) is 103 Å². The van der Waals surface area contributed by atoms with Crippen molar-refractivity contribution in [2.45, 2.75) is 80.3 Å². The van der Waals surface area contributed by atoms with Crippen LogP contribution < -0.4 is 9.64 Å². The molecule has 1 amide bonds. The number of amides is 1. The third kappa shape index (κ3) is 6.65.